The number of rotatable bonds is 3. The molecule has 0 amide bonds. The number of anilines is 1. The van der Waals surface area contributed by atoms with E-state index in [1.807, 2.05) is 26.0 Å². The smallest absolute Gasteiger partial charge is 0.343 e. The molecule has 0 radical (unpaired) electrons. The van der Waals surface area contributed by atoms with Gasteiger partial charge in [-0.2, -0.15) is 0 Å². The normalized spacial score (nSPS) is 17.5. The summed E-state index contributed by atoms with van der Waals surface area (Å²) in [6, 6.07) is 3.91. The molecule has 0 bridgehead atoms. The summed E-state index contributed by atoms with van der Waals surface area (Å²) in [6.07, 6.45) is 3.26. The number of fused-ring (bicyclic) bond motifs is 1. The Kier molecular flexibility index (Phi) is 5.22. The first-order valence-electron chi connectivity index (χ1n) is 10.4. The van der Waals surface area contributed by atoms with E-state index in [-0.39, 0.29) is 5.78 Å². The van der Waals surface area contributed by atoms with Crippen LogP contribution in [0.4, 0.5) is 5.82 Å². The van der Waals surface area contributed by atoms with E-state index in [0.29, 0.717) is 67.5 Å². The SMILES string of the molecule is CCOC(=O)c1cnc(C)nc1N1CCC2(CC1)CC(=O)c1cc(C)c(C)cc1O2. The third-order valence-electron chi connectivity index (χ3n) is 6.06. The van der Waals surface area contributed by atoms with Crippen LogP contribution < -0.4 is 9.64 Å². The van der Waals surface area contributed by atoms with E-state index in [9.17, 15) is 9.59 Å². The summed E-state index contributed by atoms with van der Waals surface area (Å²) in [5.74, 6) is 1.59. The summed E-state index contributed by atoms with van der Waals surface area (Å²) in [4.78, 5) is 36.0. The monoisotopic (exact) mass is 409 g/mol. The van der Waals surface area contributed by atoms with Gasteiger partial charge in [0, 0.05) is 32.1 Å². The first-order chi connectivity index (χ1) is 14.3. The quantitative estimate of drug-likeness (QED) is 0.717. The summed E-state index contributed by atoms with van der Waals surface area (Å²) in [7, 11) is 0. The average molecular weight is 409 g/mol. The zero-order valence-electron chi connectivity index (χ0n) is 17.9. The van der Waals surface area contributed by atoms with E-state index in [4.69, 9.17) is 9.47 Å². The van der Waals surface area contributed by atoms with Crippen molar-refractivity contribution in [2.45, 2.75) is 52.6 Å². The molecule has 0 N–H and O–H groups in total. The van der Waals surface area contributed by atoms with Gasteiger partial charge in [-0.3, -0.25) is 4.79 Å². The standard InChI is InChI=1S/C23H27N3O4/c1-5-29-22(28)18-13-24-16(4)25-21(18)26-8-6-23(7-9-26)12-19(27)17-10-14(2)15(3)11-20(17)30-23/h10-11,13H,5-9,12H2,1-4H3. The maximum absolute atomic E-state index is 12.9. The molecule has 7 nitrogen and oxygen atoms in total. The summed E-state index contributed by atoms with van der Waals surface area (Å²) in [6.45, 7) is 9.18. The molecule has 0 saturated carbocycles. The lowest BCUT2D eigenvalue weighted by Gasteiger charge is -2.44. The van der Waals surface area contributed by atoms with Gasteiger partial charge in [0.2, 0.25) is 0 Å². The predicted molar refractivity (Wildman–Crippen MR) is 112 cm³/mol. The highest BCUT2D eigenvalue weighted by atomic mass is 16.5. The lowest BCUT2D eigenvalue weighted by molar-refractivity contribution is 0.0230. The number of hydrogen-bond donors (Lipinski definition) is 0. The number of Topliss-reactive ketones (excluding diaryl/α,β-unsaturated/α-hetero) is 1. The summed E-state index contributed by atoms with van der Waals surface area (Å²) in [5.41, 5.74) is 2.76. The fourth-order valence-electron chi connectivity index (χ4n) is 4.21. The number of ether oxygens (including phenoxy) is 2. The van der Waals surface area contributed by atoms with Crippen LogP contribution in [0.25, 0.3) is 0 Å². The Labute approximate surface area is 176 Å². The fraction of sp³-hybridized carbons (Fsp3) is 0.478. The van der Waals surface area contributed by atoms with Gasteiger partial charge in [-0.05, 0) is 51.0 Å². The van der Waals surface area contributed by atoms with Crippen LogP contribution in [0, 0.1) is 20.8 Å². The summed E-state index contributed by atoms with van der Waals surface area (Å²) in [5, 5.41) is 0. The van der Waals surface area contributed by atoms with E-state index >= 15 is 0 Å². The van der Waals surface area contributed by atoms with Gasteiger partial charge < -0.3 is 14.4 Å². The molecule has 0 aliphatic carbocycles. The number of benzene rings is 1. The van der Waals surface area contributed by atoms with Crippen LogP contribution in [0.5, 0.6) is 5.75 Å². The molecule has 2 aliphatic rings. The molecule has 2 aromatic rings. The molecule has 7 heteroatoms. The Balaban J connectivity index is 1.56. The van der Waals surface area contributed by atoms with Crippen molar-refractivity contribution in [3.8, 4) is 5.75 Å². The Morgan fingerprint density at radius 3 is 2.60 bits per heavy atom. The molecule has 1 aromatic heterocycles. The average Bonchev–Trinajstić information content (AvgIpc) is 2.70. The number of nitrogens with zero attached hydrogens (tertiary/aromatic N) is 3. The van der Waals surface area contributed by atoms with Gasteiger partial charge in [0.05, 0.1) is 18.6 Å². The maximum atomic E-state index is 12.9. The zero-order valence-corrected chi connectivity index (χ0v) is 17.9. The van der Waals surface area contributed by atoms with E-state index < -0.39 is 11.6 Å². The van der Waals surface area contributed by atoms with Crippen LogP contribution in [0.3, 0.4) is 0 Å². The van der Waals surface area contributed by atoms with Gasteiger partial charge in [0.15, 0.2) is 5.78 Å². The number of carbonyl (C=O) groups is 2. The van der Waals surface area contributed by atoms with E-state index in [1.165, 1.54) is 6.20 Å². The van der Waals surface area contributed by atoms with Gasteiger partial charge in [0.25, 0.3) is 0 Å². The van der Waals surface area contributed by atoms with E-state index in [0.717, 1.165) is 11.1 Å². The number of carbonyl (C=O) groups excluding carboxylic acids is 2. The zero-order chi connectivity index (χ0) is 21.5. The minimum absolute atomic E-state index is 0.137. The molecule has 158 valence electrons. The number of piperidine rings is 1. The molecule has 1 fully saturated rings. The first kappa shape index (κ1) is 20.3. The lowest BCUT2D eigenvalue weighted by Crippen LogP contribution is -2.51. The third-order valence-corrected chi connectivity index (χ3v) is 6.06. The van der Waals surface area contributed by atoms with Crippen LogP contribution in [0.2, 0.25) is 0 Å². The molecule has 1 aromatic carbocycles. The second kappa shape index (κ2) is 7.70. The maximum Gasteiger partial charge on any atom is 0.343 e. The molecule has 3 heterocycles. The van der Waals surface area contributed by atoms with Crippen molar-refractivity contribution in [1.29, 1.82) is 0 Å². The van der Waals surface area contributed by atoms with E-state index in [1.54, 1.807) is 13.8 Å². The third kappa shape index (κ3) is 3.64. The Morgan fingerprint density at radius 2 is 1.90 bits per heavy atom. The number of esters is 1. The second-order valence-electron chi connectivity index (χ2n) is 8.18. The molecular weight excluding hydrogens is 382 g/mol. The molecule has 1 saturated heterocycles. The molecule has 30 heavy (non-hydrogen) atoms. The van der Waals surface area contributed by atoms with Gasteiger partial charge in [0.1, 0.15) is 28.6 Å². The topological polar surface area (TPSA) is 81.6 Å². The van der Waals surface area contributed by atoms with Crippen molar-refractivity contribution in [2.24, 2.45) is 0 Å². The van der Waals surface area contributed by atoms with Crippen LogP contribution in [0.15, 0.2) is 18.3 Å². The second-order valence-corrected chi connectivity index (χ2v) is 8.18. The number of hydrogen-bond acceptors (Lipinski definition) is 7. The Morgan fingerprint density at radius 1 is 1.20 bits per heavy atom. The Hall–Kier alpha value is -2.96. The molecule has 4 rings (SSSR count). The van der Waals surface area contributed by atoms with Gasteiger partial charge in [-0.1, -0.05) is 0 Å². The van der Waals surface area contributed by atoms with Crippen molar-refractivity contribution in [1.82, 2.24) is 9.97 Å². The minimum Gasteiger partial charge on any atom is -0.486 e. The summed E-state index contributed by atoms with van der Waals surface area (Å²) >= 11 is 0. The van der Waals surface area contributed by atoms with Crippen molar-refractivity contribution < 1.29 is 19.1 Å². The minimum atomic E-state index is -0.506. The number of aromatic nitrogens is 2. The summed E-state index contributed by atoms with van der Waals surface area (Å²) < 4.78 is 11.6. The van der Waals surface area contributed by atoms with Crippen molar-refractivity contribution >= 4 is 17.6 Å². The van der Waals surface area contributed by atoms with Crippen molar-refractivity contribution in [2.75, 3.05) is 24.6 Å². The highest BCUT2D eigenvalue weighted by Gasteiger charge is 2.43. The first-order valence-corrected chi connectivity index (χ1v) is 10.4. The fourth-order valence-corrected chi connectivity index (χ4v) is 4.21. The largest absolute Gasteiger partial charge is 0.486 e. The Bertz CT molecular complexity index is 1010. The van der Waals surface area contributed by atoms with Gasteiger partial charge >= 0.3 is 5.97 Å². The van der Waals surface area contributed by atoms with E-state index in [2.05, 4.69) is 14.9 Å². The van der Waals surface area contributed by atoms with Crippen LogP contribution >= 0.6 is 0 Å². The predicted octanol–water partition coefficient (Wildman–Crippen LogP) is 3.58. The lowest BCUT2D eigenvalue weighted by atomic mass is 9.82. The number of aryl methyl sites for hydroxylation is 3. The molecular formula is C23H27N3O4. The molecule has 2 aliphatic heterocycles. The van der Waals surface area contributed by atoms with Crippen LogP contribution in [0.1, 0.15) is 63.9 Å². The molecule has 0 unspecified atom stereocenters. The van der Waals surface area contributed by atoms with Gasteiger partial charge in [-0.15, -0.1) is 0 Å². The van der Waals surface area contributed by atoms with Crippen molar-refractivity contribution in [3.05, 3.63) is 46.4 Å². The van der Waals surface area contributed by atoms with Crippen LogP contribution in [-0.2, 0) is 4.74 Å². The molecule has 0 atom stereocenters. The highest BCUT2D eigenvalue weighted by Crippen LogP contribution is 2.41. The number of ketones is 1. The van der Waals surface area contributed by atoms with Crippen LogP contribution in [-0.4, -0.2) is 47.0 Å². The van der Waals surface area contributed by atoms with Gasteiger partial charge in [-0.25, -0.2) is 14.8 Å². The van der Waals surface area contributed by atoms with Crippen molar-refractivity contribution in [3.63, 3.8) is 0 Å². The highest BCUT2D eigenvalue weighted by molar-refractivity contribution is 6.00. The molecule has 1 spiro atoms.